The molecule has 0 aromatic heterocycles. The van der Waals surface area contributed by atoms with E-state index in [1.807, 2.05) is 6.07 Å². The summed E-state index contributed by atoms with van der Waals surface area (Å²) >= 11 is 0. The van der Waals surface area contributed by atoms with E-state index in [4.69, 9.17) is 14.7 Å². The Hall–Kier alpha value is -2.76. The number of benzene rings is 2. The van der Waals surface area contributed by atoms with Crippen LogP contribution in [0.4, 0.5) is 0 Å². The molecule has 7 nitrogen and oxygen atoms in total. The molecule has 0 aliphatic carbocycles. The van der Waals surface area contributed by atoms with E-state index in [0.29, 0.717) is 33.6 Å². The zero-order chi connectivity index (χ0) is 20.4. The van der Waals surface area contributed by atoms with Gasteiger partial charge in [-0.1, -0.05) is 0 Å². The molecule has 7 heteroatoms. The molecule has 1 heterocycles. The molecule has 0 radical (unpaired) electrons. The Morgan fingerprint density at radius 2 is 1.71 bits per heavy atom. The van der Waals surface area contributed by atoms with Gasteiger partial charge in [0.2, 0.25) is 6.29 Å². The van der Waals surface area contributed by atoms with Crippen molar-refractivity contribution in [1.29, 1.82) is 5.26 Å². The third-order valence-electron chi connectivity index (χ3n) is 4.72. The van der Waals surface area contributed by atoms with Crippen LogP contribution < -0.4 is 4.74 Å². The van der Waals surface area contributed by atoms with Gasteiger partial charge in [0.05, 0.1) is 18.2 Å². The zero-order valence-electron chi connectivity index (χ0n) is 15.5. The van der Waals surface area contributed by atoms with E-state index < -0.39 is 24.6 Å². The summed E-state index contributed by atoms with van der Waals surface area (Å²) in [4.78, 5) is 12.9. The van der Waals surface area contributed by atoms with Crippen molar-refractivity contribution in [2.45, 2.75) is 38.4 Å². The SMILES string of the molecule is Cc1cc(O[C@@H]2OC[C@@H](O)[C@@H](O)[C@@H]2O)cc(C)c1C(=O)c1ccc(C#N)cc1. The van der Waals surface area contributed by atoms with Crippen molar-refractivity contribution in [1.82, 2.24) is 0 Å². The number of ketones is 1. The van der Waals surface area contributed by atoms with Crippen molar-refractivity contribution in [2.24, 2.45) is 0 Å². The van der Waals surface area contributed by atoms with E-state index in [1.54, 1.807) is 50.2 Å². The van der Waals surface area contributed by atoms with Gasteiger partial charge in [0.25, 0.3) is 0 Å². The summed E-state index contributed by atoms with van der Waals surface area (Å²) in [6, 6.07) is 11.7. The number of nitrogens with zero attached hydrogens (tertiary/aromatic N) is 1. The highest BCUT2D eigenvalue weighted by Crippen LogP contribution is 2.27. The summed E-state index contributed by atoms with van der Waals surface area (Å²) in [5, 5.41) is 38.2. The molecule has 0 bridgehead atoms. The molecular formula is C21H21NO6. The van der Waals surface area contributed by atoms with Gasteiger partial charge in [0, 0.05) is 11.1 Å². The maximum Gasteiger partial charge on any atom is 0.228 e. The molecule has 2 aromatic carbocycles. The van der Waals surface area contributed by atoms with Crippen LogP contribution in [0.2, 0.25) is 0 Å². The van der Waals surface area contributed by atoms with Gasteiger partial charge in [-0.25, -0.2) is 0 Å². The number of aliphatic hydroxyl groups is 3. The number of hydrogen-bond acceptors (Lipinski definition) is 7. The van der Waals surface area contributed by atoms with Gasteiger partial charge in [-0.15, -0.1) is 0 Å². The van der Waals surface area contributed by atoms with Crippen molar-refractivity contribution in [3.63, 3.8) is 0 Å². The number of aryl methyl sites for hydroxylation is 2. The second kappa shape index (κ2) is 8.09. The van der Waals surface area contributed by atoms with Crippen LogP contribution in [0.5, 0.6) is 5.75 Å². The van der Waals surface area contributed by atoms with Gasteiger partial charge < -0.3 is 24.8 Å². The number of carbonyl (C=O) groups excluding carboxylic acids is 1. The molecule has 1 fully saturated rings. The number of hydrogen-bond donors (Lipinski definition) is 3. The standard InChI is InChI=1S/C21H21NO6/c1-11-7-15(28-21-20(26)19(25)16(23)10-27-21)8-12(2)17(11)18(24)14-5-3-13(9-22)4-6-14/h3-8,16,19-21,23,25-26H,10H2,1-2H3/t16-,19-,20+,21+/m1/s1. The predicted molar refractivity (Wildman–Crippen MR) is 98.9 cm³/mol. The molecule has 0 spiro atoms. The van der Waals surface area contributed by atoms with Crippen molar-refractivity contribution < 1.29 is 29.6 Å². The van der Waals surface area contributed by atoms with E-state index in [1.165, 1.54) is 0 Å². The van der Waals surface area contributed by atoms with Gasteiger partial charge >= 0.3 is 0 Å². The van der Waals surface area contributed by atoms with Gasteiger partial charge in [-0.2, -0.15) is 5.26 Å². The van der Waals surface area contributed by atoms with Crippen LogP contribution in [0.25, 0.3) is 0 Å². The third-order valence-corrected chi connectivity index (χ3v) is 4.72. The summed E-state index contributed by atoms with van der Waals surface area (Å²) < 4.78 is 10.9. The fraction of sp³-hybridized carbons (Fsp3) is 0.333. The molecule has 3 rings (SSSR count). The highest BCUT2D eigenvalue weighted by atomic mass is 16.7. The number of aliphatic hydroxyl groups excluding tert-OH is 3. The quantitative estimate of drug-likeness (QED) is 0.679. The Bertz CT molecular complexity index is 894. The van der Waals surface area contributed by atoms with Gasteiger partial charge in [0.1, 0.15) is 24.1 Å². The smallest absolute Gasteiger partial charge is 0.228 e. The second-order valence-corrected chi connectivity index (χ2v) is 6.82. The molecule has 2 aromatic rings. The maximum absolute atomic E-state index is 12.9. The highest BCUT2D eigenvalue weighted by molar-refractivity contribution is 6.10. The summed E-state index contributed by atoms with van der Waals surface area (Å²) in [7, 11) is 0. The van der Waals surface area contributed by atoms with Gasteiger partial charge in [0.15, 0.2) is 5.78 Å². The normalized spacial score (nSPS) is 24.4. The number of nitriles is 1. The van der Waals surface area contributed by atoms with E-state index in [-0.39, 0.29) is 12.4 Å². The molecule has 0 saturated carbocycles. The monoisotopic (exact) mass is 383 g/mol. The van der Waals surface area contributed by atoms with Crippen molar-refractivity contribution in [2.75, 3.05) is 6.61 Å². The fourth-order valence-corrected chi connectivity index (χ4v) is 3.21. The zero-order valence-corrected chi connectivity index (χ0v) is 15.5. The molecule has 1 saturated heterocycles. The lowest BCUT2D eigenvalue weighted by molar-refractivity contribution is -0.242. The van der Waals surface area contributed by atoms with Gasteiger partial charge in [-0.05, 0) is 61.4 Å². The van der Waals surface area contributed by atoms with E-state index >= 15 is 0 Å². The Morgan fingerprint density at radius 1 is 1.11 bits per heavy atom. The molecular weight excluding hydrogens is 362 g/mol. The summed E-state index contributed by atoms with van der Waals surface area (Å²) in [6.45, 7) is 3.39. The minimum atomic E-state index is -1.40. The Labute approximate surface area is 162 Å². The van der Waals surface area contributed by atoms with Crippen LogP contribution in [0.3, 0.4) is 0 Å². The Kier molecular flexibility index (Phi) is 5.77. The van der Waals surface area contributed by atoms with Gasteiger partial charge in [-0.3, -0.25) is 4.79 Å². The first-order valence-corrected chi connectivity index (χ1v) is 8.80. The molecule has 146 valence electrons. The van der Waals surface area contributed by atoms with Crippen LogP contribution in [0.15, 0.2) is 36.4 Å². The van der Waals surface area contributed by atoms with Crippen LogP contribution in [-0.2, 0) is 4.74 Å². The molecule has 1 aliphatic heterocycles. The Balaban J connectivity index is 1.82. The first-order chi connectivity index (χ1) is 13.3. The van der Waals surface area contributed by atoms with Crippen molar-refractivity contribution in [3.05, 3.63) is 64.2 Å². The van der Waals surface area contributed by atoms with E-state index in [2.05, 4.69) is 0 Å². The average Bonchev–Trinajstić information content (AvgIpc) is 2.68. The second-order valence-electron chi connectivity index (χ2n) is 6.82. The summed E-state index contributed by atoms with van der Waals surface area (Å²) in [5.74, 6) is 0.206. The van der Waals surface area contributed by atoms with Crippen LogP contribution in [0.1, 0.15) is 32.6 Å². The molecule has 1 aliphatic rings. The minimum Gasteiger partial charge on any atom is -0.462 e. The van der Waals surface area contributed by atoms with E-state index in [0.717, 1.165) is 0 Å². The largest absolute Gasteiger partial charge is 0.462 e. The highest BCUT2D eigenvalue weighted by Gasteiger charge is 2.39. The number of ether oxygens (including phenoxy) is 2. The van der Waals surface area contributed by atoms with Crippen LogP contribution >= 0.6 is 0 Å². The predicted octanol–water partition coefficient (Wildman–Crippen LogP) is 1.22. The summed E-state index contributed by atoms with van der Waals surface area (Å²) in [5.41, 5.74) is 2.83. The topological polar surface area (TPSA) is 120 Å². The minimum absolute atomic E-state index is 0.157. The van der Waals surface area contributed by atoms with Crippen LogP contribution in [0, 0.1) is 25.2 Å². The Morgan fingerprint density at radius 3 is 2.29 bits per heavy atom. The average molecular weight is 383 g/mol. The molecule has 4 atom stereocenters. The first kappa shape index (κ1) is 20.0. The lowest BCUT2D eigenvalue weighted by Crippen LogP contribution is -2.54. The number of carbonyl (C=O) groups is 1. The molecule has 0 unspecified atom stereocenters. The van der Waals surface area contributed by atoms with Crippen LogP contribution in [-0.4, -0.2) is 52.3 Å². The maximum atomic E-state index is 12.9. The lowest BCUT2D eigenvalue weighted by atomic mass is 9.94. The molecule has 3 N–H and O–H groups in total. The molecule has 28 heavy (non-hydrogen) atoms. The number of rotatable bonds is 4. The summed E-state index contributed by atoms with van der Waals surface area (Å²) in [6.07, 6.45) is -5.06. The lowest BCUT2D eigenvalue weighted by Gasteiger charge is -2.35. The first-order valence-electron chi connectivity index (χ1n) is 8.80. The van der Waals surface area contributed by atoms with Crippen molar-refractivity contribution >= 4 is 5.78 Å². The molecule has 0 amide bonds. The van der Waals surface area contributed by atoms with E-state index in [9.17, 15) is 20.1 Å². The van der Waals surface area contributed by atoms with Crippen molar-refractivity contribution in [3.8, 4) is 11.8 Å². The third kappa shape index (κ3) is 3.91. The fourth-order valence-electron chi connectivity index (χ4n) is 3.21.